The van der Waals surface area contributed by atoms with Gasteiger partial charge in [0.2, 0.25) is 0 Å². The van der Waals surface area contributed by atoms with Crippen molar-refractivity contribution >= 4 is 50.6 Å². The Morgan fingerprint density at radius 1 is 1.82 bits per heavy atom. The maximum absolute atomic E-state index is 11.0. The summed E-state index contributed by atoms with van der Waals surface area (Å²) >= 11 is 8.83. The highest BCUT2D eigenvalue weighted by Gasteiger charge is 2.05. The predicted octanol–water partition coefficient (Wildman–Crippen LogP) is 2.75. The third-order valence-corrected chi connectivity index (χ3v) is 2.70. The van der Waals surface area contributed by atoms with E-state index in [2.05, 4.69) is 33.1 Å². The van der Waals surface area contributed by atoms with Gasteiger partial charge >= 0.3 is 0 Å². The van der Waals surface area contributed by atoms with Crippen LogP contribution in [0.4, 0.5) is 0 Å². The van der Waals surface area contributed by atoms with Crippen molar-refractivity contribution in [1.29, 1.82) is 0 Å². The van der Waals surface area contributed by atoms with E-state index in [1.54, 1.807) is 6.07 Å². The number of hydrogen-bond acceptors (Lipinski definition) is 3. The third kappa shape index (κ3) is 2.31. The fourth-order valence-electron chi connectivity index (χ4n) is 0.522. The van der Waals surface area contributed by atoms with E-state index in [-0.39, 0.29) is 5.91 Å². The maximum atomic E-state index is 11.0. The molecule has 11 heavy (non-hydrogen) atoms. The minimum absolute atomic E-state index is 0.337. The van der Waals surface area contributed by atoms with Crippen molar-refractivity contribution in [2.75, 3.05) is 0 Å². The van der Waals surface area contributed by atoms with Gasteiger partial charge in [-0.15, -0.1) is 11.3 Å². The minimum Gasteiger partial charge on any atom is -0.265 e. The molecule has 2 nitrogen and oxygen atoms in total. The topological polar surface area (TPSA) is 29.4 Å². The second-order valence-electron chi connectivity index (χ2n) is 1.64. The molecule has 0 atom stereocenters. The molecule has 0 aliphatic heterocycles. The number of aliphatic imine (C=N–C) groups is 1. The van der Waals surface area contributed by atoms with Crippen LogP contribution in [0.25, 0.3) is 0 Å². The Morgan fingerprint density at radius 2 is 2.55 bits per heavy atom. The normalized spacial score (nSPS) is 8.82. The molecule has 0 bridgehead atoms. The number of hydrogen-bond donors (Lipinski definition) is 0. The van der Waals surface area contributed by atoms with Crippen LogP contribution in [0, 0.1) is 0 Å². The maximum Gasteiger partial charge on any atom is 0.295 e. The summed E-state index contributed by atoms with van der Waals surface area (Å²) in [5.41, 5.74) is 0. The lowest BCUT2D eigenvalue weighted by atomic mass is 10.4. The van der Waals surface area contributed by atoms with E-state index in [1.165, 1.54) is 11.3 Å². The average Bonchev–Trinajstić information content (AvgIpc) is 2.36. The Balaban J connectivity index is 2.93. The molecular formula is C6H2BrNOS2. The molecule has 1 aromatic rings. The molecule has 0 fully saturated rings. The zero-order chi connectivity index (χ0) is 8.27. The Hall–Kier alpha value is -0.350. The van der Waals surface area contributed by atoms with Gasteiger partial charge in [0.05, 0.1) is 10.0 Å². The molecule has 5 heteroatoms. The molecule has 0 radical (unpaired) electrons. The summed E-state index contributed by atoms with van der Waals surface area (Å²) in [6, 6.07) is 1.70. The molecule has 0 N–H and O–H groups in total. The molecule has 1 heterocycles. The van der Waals surface area contributed by atoms with Crippen molar-refractivity contribution in [3.8, 4) is 0 Å². The Bertz CT molecular complexity index is 327. The van der Waals surface area contributed by atoms with Crippen LogP contribution in [0.1, 0.15) is 9.67 Å². The SMILES string of the molecule is O=C(N=C=S)c1cc(Br)cs1. The van der Waals surface area contributed by atoms with Gasteiger partial charge in [-0.2, -0.15) is 4.99 Å². The van der Waals surface area contributed by atoms with Crippen molar-refractivity contribution in [3.05, 3.63) is 20.8 Å². The predicted molar refractivity (Wildman–Crippen MR) is 51.4 cm³/mol. The average molecular weight is 248 g/mol. The van der Waals surface area contributed by atoms with Gasteiger partial charge in [0.25, 0.3) is 5.91 Å². The summed E-state index contributed by atoms with van der Waals surface area (Å²) in [6.07, 6.45) is 0. The summed E-state index contributed by atoms with van der Waals surface area (Å²) in [5, 5.41) is 3.84. The van der Waals surface area contributed by atoms with E-state index in [1.807, 2.05) is 10.5 Å². The molecule has 0 spiro atoms. The lowest BCUT2D eigenvalue weighted by molar-refractivity contribution is 0.101. The Kier molecular flexibility index (Phi) is 3.08. The quantitative estimate of drug-likeness (QED) is 0.565. The number of carbonyl (C=O) groups is 1. The fourth-order valence-corrected chi connectivity index (χ4v) is 1.91. The summed E-state index contributed by atoms with van der Waals surface area (Å²) < 4.78 is 0.880. The van der Waals surface area contributed by atoms with Gasteiger partial charge < -0.3 is 0 Å². The van der Waals surface area contributed by atoms with Crippen LogP contribution in [0.3, 0.4) is 0 Å². The van der Waals surface area contributed by atoms with E-state index in [4.69, 9.17) is 0 Å². The number of nitrogens with zero attached hydrogens (tertiary/aromatic N) is 1. The van der Waals surface area contributed by atoms with Crippen LogP contribution in [-0.2, 0) is 0 Å². The molecule has 1 rings (SSSR count). The van der Waals surface area contributed by atoms with E-state index < -0.39 is 0 Å². The molecule has 0 saturated heterocycles. The van der Waals surface area contributed by atoms with E-state index in [0.29, 0.717) is 4.88 Å². The van der Waals surface area contributed by atoms with E-state index in [9.17, 15) is 4.79 Å². The molecule has 1 aromatic heterocycles. The highest BCUT2D eigenvalue weighted by Crippen LogP contribution is 2.20. The summed E-state index contributed by atoms with van der Waals surface area (Å²) in [5.74, 6) is -0.337. The molecule has 0 saturated carbocycles. The van der Waals surface area contributed by atoms with Crippen molar-refractivity contribution in [1.82, 2.24) is 0 Å². The van der Waals surface area contributed by atoms with Gasteiger partial charge in [0.1, 0.15) is 0 Å². The lowest BCUT2D eigenvalue weighted by Gasteiger charge is -1.81. The van der Waals surface area contributed by atoms with Gasteiger partial charge in [-0.3, -0.25) is 4.79 Å². The van der Waals surface area contributed by atoms with Gasteiger partial charge in [-0.25, -0.2) is 0 Å². The van der Waals surface area contributed by atoms with Crippen LogP contribution >= 0.6 is 39.5 Å². The molecule has 0 aromatic carbocycles. The van der Waals surface area contributed by atoms with Gasteiger partial charge in [0, 0.05) is 9.85 Å². The first-order valence-corrected chi connectivity index (χ1v) is 4.68. The summed E-state index contributed by atoms with van der Waals surface area (Å²) in [4.78, 5) is 14.8. The highest BCUT2D eigenvalue weighted by molar-refractivity contribution is 9.10. The zero-order valence-corrected chi connectivity index (χ0v) is 8.42. The number of halogens is 1. The Labute approximate surface area is 81.1 Å². The fraction of sp³-hybridized carbons (Fsp3) is 0. The first-order chi connectivity index (χ1) is 5.24. The van der Waals surface area contributed by atoms with Gasteiger partial charge in [0.15, 0.2) is 0 Å². The minimum atomic E-state index is -0.337. The van der Waals surface area contributed by atoms with Crippen molar-refractivity contribution in [2.45, 2.75) is 0 Å². The molecule has 1 amide bonds. The molecule has 0 aliphatic rings. The van der Waals surface area contributed by atoms with E-state index >= 15 is 0 Å². The number of amides is 1. The standard InChI is InChI=1S/C6H2BrNOS2/c7-4-1-5(11-2-4)6(9)8-3-10/h1-2H. The second-order valence-corrected chi connectivity index (χ2v) is 3.65. The second kappa shape index (κ2) is 3.88. The molecule has 0 aliphatic carbocycles. The highest BCUT2D eigenvalue weighted by atomic mass is 79.9. The van der Waals surface area contributed by atoms with Crippen molar-refractivity contribution in [3.63, 3.8) is 0 Å². The van der Waals surface area contributed by atoms with Crippen molar-refractivity contribution < 1.29 is 4.79 Å². The van der Waals surface area contributed by atoms with Crippen LogP contribution < -0.4 is 0 Å². The van der Waals surface area contributed by atoms with Crippen LogP contribution in [0.2, 0.25) is 0 Å². The van der Waals surface area contributed by atoms with E-state index in [0.717, 1.165) is 4.47 Å². The molecule has 0 unspecified atom stereocenters. The lowest BCUT2D eigenvalue weighted by Crippen LogP contribution is -1.87. The number of thiocarbonyl (C=S) groups is 1. The van der Waals surface area contributed by atoms with Gasteiger partial charge in [-0.05, 0) is 34.2 Å². The van der Waals surface area contributed by atoms with Crippen LogP contribution in [0.5, 0.6) is 0 Å². The Morgan fingerprint density at radius 3 is 3.00 bits per heavy atom. The number of isothiocyanates is 1. The first kappa shape index (κ1) is 8.74. The van der Waals surface area contributed by atoms with Gasteiger partial charge in [-0.1, -0.05) is 0 Å². The number of carbonyl (C=O) groups excluding carboxylic acids is 1. The smallest absolute Gasteiger partial charge is 0.265 e. The van der Waals surface area contributed by atoms with Crippen LogP contribution in [-0.4, -0.2) is 11.1 Å². The van der Waals surface area contributed by atoms with Crippen molar-refractivity contribution in [2.24, 2.45) is 4.99 Å². The zero-order valence-electron chi connectivity index (χ0n) is 5.20. The largest absolute Gasteiger partial charge is 0.295 e. The summed E-state index contributed by atoms with van der Waals surface area (Å²) in [6.45, 7) is 0. The van der Waals surface area contributed by atoms with Crippen LogP contribution in [0.15, 0.2) is 20.9 Å². The first-order valence-electron chi connectivity index (χ1n) is 2.60. The third-order valence-electron chi connectivity index (χ3n) is 0.925. The monoisotopic (exact) mass is 247 g/mol. The number of thiophene rings is 1. The summed E-state index contributed by atoms with van der Waals surface area (Å²) in [7, 11) is 0. The number of rotatable bonds is 1. The molecular weight excluding hydrogens is 246 g/mol. The molecule has 56 valence electrons.